The Bertz CT molecular complexity index is 853. The van der Waals surface area contributed by atoms with Gasteiger partial charge in [0.25, 0.3) is 5.91 Å². The van der Waals surface area contributed by atoms with Crippen molar-refractivity contribution in [2.45, 2.75) is 26.2 Å². The summed E-state index contributed by atoms with van der Waals surface area (Å²) in [4.78, 5) is 26.6. The molecule has 2 heterocycles. The van der Waals surface area contributed by atoms with Crippen LogP contribution in [0.3, 0.4) is 0 Å². The molecule has 0 spiro atoms. The molecule has 0 aliphatic heterocycles. The van der Waals surface area contributed by atoms with Gasteiger partial charge in [-0.05, 0) is 24.5 Å². The summed E-state index contributed by atoms with van der Waals surface area (Å²) in [6, 6.07) is 0. The van der Waals surface area contributed by atoms with Crippen LogP contribution in [0.4, 0.5) is 5.82 Å². The lowest BCUT2D eigenvalue weighted by Gasteiger charge is -2.02. The second-order valence-corrected chi connectivity index (χ2v) is 5.28. The molecule has 0 aliphatic rings. The molecular formula is C16H20N6O3. The van der Waals surface area contributed by atoms with Crippen LogP contribution in [0.1, 0.15) is 35.7 Å². The fourth-order valence-electron chi connectivity index (χ4n) is 2.51. The minimum Gasteiger partial charge on any atom is -0.382 e. The maximum Gasteiger partial charge on any atom is 0.252 e. The highest BCUT2D eigenvalue weighted by Crippen LogP contribution is 2.23. The molecule has 132 valence electrons. The van der Waals surface area contributed by atoms with Crippen molar-refractivity contribution in [3.63, 3.8) is 0 Å². The van der Waals surface area contributed by atoms with Gasteiger partial charge in [0.2, 0.25) is 5.70 Å². The first-order valence-corrected chi connectivity index (χ1v) is 7.80. The Labute approximate surface area is 144 Å². The van der Waals surface area contributed by atoms with Crippen molar-refractivity contribution in [1.82, 2.24) is 19.9 Å². The van der Waals surface area contributed by atoms with Gasteiger partial charge in [-0.2, -0.15) is 5.10 Å². The van der Waals surface area contributed by atoms with E-state index in [1.165, 1.54) is 17.9 Å². The van der Waals surface area contributed by atoms with E-state index in [0.717, 1.165) is 0 Å². The van der Waals surface area contributed by atoms with Gasteiger partial charge in [-0.15, -0.1) is 0 Å². The van der Waals surface area contributed by atoms with Crippen LogP contribution in [0.15, 0.2) is 36.4 Å². The second kappa shape index (κ2) is 8.04. The predicted molar refractivity (Wildman–Crippen MR) is 93.6 cm³/mol. The van der Waals surface area contributed by atoms with E-state index in [1.807, 2.05) is 6.92 Å². The molecule has 25 heavy (non-hydrogen) atoms. The number of hydrogen-bond donors (Lipinski definition) is 2. The molecule has 1 amide bonds. The molecule has 2 aromatic rings. The summed E-state index contributed by atoms with van der Waals surface area (Å²) in [7, 11) is 1.54. The lowest BCUT2D eigenvalue weighted by Crippen LogP contribution is -2.18. The van der Waals surface area contributed by atoms with Gasteiger partial charge in [0.05, 0.1) is 16.9 Å². The van der Waals surface area contributed by atoms with Crippen LogP contribution < -0.4 is 11.1 Å². The van der Waals surface area contributed by atoms with E-state index < -0.39 is 0 Å². The number of nitrogens with two attached hydrogens (primary N) is 1. The number of nitro groups is 1. The van der Waals surface area contributed by atoms with Crippen LogP contribution in [-0.2, 0) is 6.42 Å². The number of nitrogens with zero attached hydrogens (tertiary/aromatic N) is 4. The molecule has 0 atom stereocenters. The summed E-state index contributed by atoms with van der Waals surface area (Å²) in [5.74, 6) is 0.00979. The minimum absolute atomic E-state index is 0.148. The number of nitrogen functional groups attached to an aromatic ring is 1. The number of hydrogen-bond acceptors (Lipinski definition) is 6. The van der Waals surface area contributed by atoms with Gasteiger partial charge in [0, 0.05) is 13.2 Å². The third kappa shape index (κ3) is 4.00. The zero-order chi connectivity index (χ0) is 18.4. The van der Waals surface area contributed by atoms with Crippen molar-refractivity contribution < 1.29 is 9.72 Å². The van der Waals surface area contributed by atoms with Gasteiger partial charge >= 0.3 is 0 Å². The summed E-state index contributed by atoms with van der Waals surface area (Å²) in [5.41, 5.74) is 7.74. The lowest BCUT2D eigenvalue weighted by molar-refractivity contribution is -0.427. The van der Waals surface area contributed by atoms with Gasteiger partial charge in [-0.25, -0.2) is 9.50 Å². The molecule has 0 saturated carbocycles. The summed E-state index contributed by atoms with van der Waals surface area (Å²) >= 11 is 0. The third-order valence-corrected chi connectivity index (χ3v) is 3.67. The van der Waals surface area contributed by atoms with Crippen molar-refractivity contribution in [3.05, 3.63) is 57.7 Å². The van der Waals surface area contributed by atoms with Crippen LogP contribution in [0.25, 0.3) is 5.52 Å². The van der Waals surface area contributed by atoms with E-state index in [1.54, 1.807) is 24.4 Å². The number of allylic oxidation sites excluding steroid dienone is 3. The van der Waals surface area contributed by atoms with Gasteiger partial charge in [0.1, 0.15) is 11.8 Å². The van der Waals surface area contributed by atoms with Crippen LogP contribution in [-0.4, -0.2) is 32.5 Å². The SMILES string of the molecule is CC/C=C(\C/C=C\Cc1c(C(=O)NC)cn2ncnc(N)c12)[N+](=O)[O-]. The molecule has 2 rings (SSSR count). The zero-order valence-corrected chi connectivity index (χ0v) is 14.1. The molecule has 0 aromatic carbocycles. The number of nitrogens with one attached hydrogen (secondary N) is 1. The maximum atomic E-state index is 12.1. The molecule has 9 heteroatoms. The third-order valence-electron chi connectivity index (χ3n) is 3.67. The lowest BCUT2D eigenvalue weighted by atomic mass is 10.1. The highest BCUT2D eigenvalue weighted by molar-refractivity contribution is 5.98. The van der Waals surface area contributed by atoms with Crippen LogP contribution >= 0.6 is 0 Å². The van der Waals surface area contributed by atoms with Crippen LogP contribution in [0.2, 0.25) is 0 Å². The topological polar surface area (TPSA) is 128 Å². The normalized spacial score (nSPS) is 12.0. The number of carbonyl (C=O) groups is 1. The highest BCUT2D eigenvalue weighted by atomic mass is 16.6. The summed E-state index contributed by atoms with van der Waals surface area (Å²) in [5, 5.41) is 17.6. The van der Waals surface area contributed by atoms with E-state index in [-0.39, 0.29) is 28.8 Å². The minimum atomic E-state index is -0.386. The smallest absolute Gasteiger partial charge is 0.252 e. The first-order valence-electron chi connectivity index (χ1n) is 7.80. The van der Waals surface area contributed by atoms with E-state index in [4.69, 9.17) is 5.73 Å². The molecule has 0 radical (unpaired) electrons. The summed E-state index contributed by atoms with van der Waals surface area (Å²) in [6.45, 7) is 1.85. The number of rotatable bonds is 7. The first kappa shape index (κ1) is 18.1. The van der Waals surface area contributed by atoms with Crippen LogP contribution in [0.5, 0.6) is 0 Å². The number of anilines is 1. The fourth-order valence-corrected chi connectivity index (χ4v) is 2.51. The van der Waals surface area contributed by atoms with Crippen molar-refractivity contribution in [2.24, 2.45) is 0 Å². The predicted octanol–water partition coefficient (Wildman–Crippen LogP) is 1.73. The van der Waals surface area contributed by atoms with Crippen molar-refractivity contribution in [2.75, 3.05) is 12.8 Å². The van der Waals surface area contributed by atoms with Crippen molar-refractivity contribution in [3.8, 4) is 0 Å². The second-order valence-electron chi connectivity index (χ2n) is 5.28. The summed E-state index contributed by atoms with van der Waals surface area (Å²) < 4.78 is 1.51. The van der Waals surface area contributed by atoms with E-state index >= 15 is 0 Å². The summed E-state index contributed by atoms with van der Waals surface area (Å²) in [6.07, 6.45) is 9.18. The number of fused-ring (bicyclic) bond motifs is 1. The Morgan fingerprint density at radius 1 is 1.48 bits per heavy atom. The van der Waals surface area contributed by atoms with Crippen molar-refractivity contribution >= 4 is 17.2 Å². The van der Waals surface area contributed by atoms with Gasteiger partial charge in [-0.1, -0.05) is 19.1 Å². The Kier molecular flexibility index (Phi) is 5.83. The zero-order valence-electron chi connectivity index (χ0n) is 14.1. The largest absolute Gasteiger partial charge is 0.382 e. The van der Waals surface area contributed by atoms with Gasteiger partial charge in [0.15, 0.2) is 5.82 Å². The van der Waals surface area contributed by atoms with E-state index in [9.17, 15) is 14.9 Å². The average molecular weight is 344 g/mol. The number of amides is 1. The van der Waals surface area contributed by atoms with Crippen molar-refractivity contribution in [1.29, 1.82) is 0 Å². The molecule has 0 saturated heterocycles. The van der Waals surface area contributed by atoms with E-state index in [2.05, 4.69) is 15.4 Å². The molecule has 0 unspecified atom stereocenters. The first-order chi connectivity index (χ1) is 12.0. The Morgan fingerprint density at radius 3 is 2.88 bits per heavy atom. The average Bonchev–Trinajstić information content (AvgIpc) is 2.96. The van der Waals surface area contributed by atoms with Gasteiger partial charge < -0.3 is 11.1 Å². The molecule has 0 aliphatic carbocycles. The standard InChI is InChI=1S/C16H20N6O3/c1-3-6-11(22(24)25)7-4-5-8-12-13(16(23)18-2)9-21-14(12)15(17)19-10-20-21/h4-6,9-10H,3,7-8H2,1-2H3,(H,18,23)(H2,17,19,20)/b5-4-,11-6+. The monoisotopic (exact) mass is 344 g/mol. The molecular weight excluding hydrogens is 324 g/mol. The quantitative estimate of drug-likeness (QED) is 0.447. The van der Waals surface area contributed by atoms with Gasteiger partial charge in [-0.3, -0.25) is 14.9 Å². The Hall–Kier alpha value is -3.23. The maximum absolute atomic E-state index is 12.1. The van der Waals surface area contributed by atoms with Crippen LogP contribution in [0, 0.1) is 10.1 Å². The molecule has 3 N–H and O–H groups in total. The van der Waals surface area contributed by atoms with E-state index in [0.29, 0.717) is 29.5 Å². The molecule has 0 bridgehead atoms. The fraction of sp³-hybridized carbons (Fsp3) is 0.312. The Morgan fingerprint density at radius 2 is 2.24 bits per heavy atom. The molecule has 9 nitrogen and oxygen atoms in total. The number of carbonyl (C=O) groups excluding carboxylic acids is 1. The number of aromatic nitrogens is 3. The Balaban J connectivity index is 2.30. The molecule has 2 aromatic heterocycles. The highest BCUT2D eigenvalue weighted by Gasteiger charge is 2.18. The molecule has 0 fully saturated rings.